The van der Waals surface area contributed by atoms with Crippen LogP contribution in [0.15, 0.2) is 45.9 Å². The van der Waals surface area contributed by atoms with Crippen molar-refractivity contribution in [2.24, 2.45) is 5.92 Å². The summed E-state index contributed by atoms with van der Waals surface area (Å²) >= 11 is 1.64. The first-order valence-electron chi connectivity index (χ1n) is 9.21. The average Bonchev–Trinajstić information content (AvgIpc) is 3.23. The number of nitrogens with one attached hydrogen (secondary N) is 1. The molecule has 0 saturated carbocycles. The summed E-state index contributed by atoms with van der Waals surface area (Å²) in [4.78, 5) is 11.6. The van der Waals surface area contributed by atoms with Crippen molar-refractivity contribution < 1.29 is 26.4 Å². The minimum atomic E-state index is -4.14. The summed E-state index contributed by atoms with van der Waals surface area (Å²) in [6.45, 7) is 0.685. The molecule has 1 aromatic carbocycles. The third-order valence-electron chi connectivity index (χ3n) is 4.71. The topological polar surface area (TPSA) is 79.6 Å². The fourth-order valence-electron chi connectivity index (χ4n) is 3.13. The second-order valence-electron chi connectivity index (χ2n) is 6.68. The van der Waals surface area contributed by atoms with E-state index in [2.05, 4.69) is 5.32 Å². The number of furan rings is 1. The van der Waals surface area contributed by atoms with Crippen molar-refractivity contribution in [1.29, 1.82) is 0 Å². The van der Waals surface area contributed by atoms with Crippen LogP contribution in [0.1, 0.15) is 18.6 Å². The molecule has 0 unspecified atom stereocenters. The highest BCUT2D eigenvalue weighted by Crippen LogP contribution is 2.26. The van der Waals surface area contributed by atoms with Crippen LogP contribution in [-0.2, 0) is 20.6 Å². The molecule has 0 radical (unpaired) electrons. The molecule has 158 valence electrons. The molecule has 0 atom stereocenters. The van der Waals surface area contributed by atoms with Crippen LogP contribution < -0.4 is 5.32 Å². The number of carbonyl (C=O) groups is 1. The zero-order valence-electron chi connectivity index (χ0n) is 15.6. The van der Waals surface area contributed by atoms with Gasteiger partial charge in [0.05, 0.1) is 12.0 Å². The van der Waals surface area contributed by atoms with Crippen molar-refractivity contribution in [2.75, 3.05) is 25.4 Å². The molecule has 1 aliphatic heterocycles. The lowest BCUT2D eigenvalue weighted by molar-refractivity contribution is -0.125. The molecule has 1 aliphatic rings. The van der Waals surface area contributed by atoms with Gasteiger partial charge in [-0.2, -0.15) is 16.1 Å². The molecular weight excluding hydrogens is 422 g/mol. The largest absolute Gasteiger partial charge is 0.468 e. The number of nitrogens with zero attached hydrogens (tertiary/aromatic N) is 1. The third-order valence-corrected chi connectivity index (χ3v) is 7.60. The fraction of sp³-hybridized carbons (Fsp3) is 0.421. The van der Waals surface area contributed by atoms with Gasteiger partial charge in [0.15, 0.2) is 0 Å². The summed E-state index contributed by atoms with van der Waals surface area (Å²) in [5.74, 6) is 0.132. The van der Waals surface area contributed by atoms with E-state index in [0.29, 0.717) is 25.5 Å². The standard InChI is InChI=1S/C19H22F2N2O4S2/c20-15-3-4-17(21)18(12-15)29(25,26)23-8-5-14(6-9-23)19(24)22-7-11-28-13-16-2-1-10-27-16/h1-4,10,12,14H,5-9,11,13H2,(H,22,24). The summed E-state index contributed by atoms with van der Waals surface area (Å²) in [6, 6.07) is 6.07. The van der Waals surface area contributed by atoms with Crippen LogP contribution in [0, 0.1) is 17.6 Å². The van der Waals surface area contributed by atoms with Crippen molar-refractivity contribution in [3.8, 4) is 0 Å². The molecule has 1 aromatic heterocycles. The van der Waals surface area contributed by atoms with Gasteiger partial charge in [-0.25, -0.2) is 17.2 Å². The highest BCUT2D eigenvalue weighted by Gasteiger charge is 2.33. The Balaban J connectivity index is 1.44. The van der Waals surface area contributed by atoms with Gasteiger partial charge in [0, 0.05) is 31.3 Å². The van der Waals surface area contributed by atoms with E-state index in [0.717, 1.165) is 33.7 Å². The first-order chi connectivity index (χ1) is 13.9. The SMILES string of the molecule is O=C(NCCSCc1ccco1)C1CCN(S(=O)(=O)c2cc(F)ccc2F)CC1. The lowest BCUT2D eigenvalue weighted by atomic mass is 9.97. The highest BCUT2D eigenvalue weighted by atomic mass is 32.2. The Morgan fingerprint density at radius 3 is 2.69 bits per heavy atom. The Morgan fingerprint density at radius 2 is 2.00 bits per heavy atom. The maximum Gasteiger partial charge on any atom is 0.246 e. The van der Waals surface area contributed by atoms with Crippen molar-refractivity contribution in [1.82, 2.24) is 9.62 Å². The van der Waals surface area contributed by atoms with Crippen LogP contribution in [0.4, 0.5) is 8.78 Å². The van der Waals surface area contributed by atoms with Crippen LogP contribution in [-0.4, -0.2) is 44.0 Å². The van der Waals surface area contributed by atoms with Crippen LogP contribution in [0.3, 0.4) is 0 Å². The van der Waals surface area contributed by atoms with E-state index in [-0.39, 0.29) is 24.9 Å². The number of rotatable bonds is 8. The first-order valence-corrected chi connectivity index (χ1v) is 11.8. The lowest BCUT2D eigenvalue weighted by Gasteiger charge is -2.30. The maximum atomic E-state index is 13.9. The minimum Gasteiger partial charge on any atom is -0.468 e. The van der Waals surface area contributed by atoms with Gasteiger partial charge >= 0.3 is 0 Å². The van der Waals surface area contributed by atoms with Crippen molar-refractivity contribution in [3.63, 3.8) is 0 Å². The second-order valence-corrected chi connectivity index (χ2v) is 9.69. The molecule has 6 nitrogen and oxygen atoms in total. The van der Waals surface area contributed by atoms with E-state index in [9.17, 15) is 22.0 Å². The lowest BCUT2D eigenvalue weighted by Crippen LogP contribution is -2.43. The highest BCUT2D eigenvalue weighted by molar-refractivity contribution is 7.98. The molecule has 0 spiro atoms. The maximum absolute atomic E-state index is 13.9. The number of carbonyl (C=O) groups excluding carboxylic acids is 1. The van der Waals surface area contributed by atoms with Gasteiger partial charge in [-0.1, -0.05) is 0 Å². The van der Waals surface area contributed by atoms with Crippen LogP contribution >= 0.6 is 11.8 Å². The van der Waals surface area contributed by atoms with E-state index in [1.54, 1.807) is 18.0 Å². The number of amides is 1. The van der Waals surface area contributed by atoms with Gasteiger partial charge in [-0.15, -0.1) is 0 Å². The molecular formula is C19H22F2N2O4S2. The molecule has 10 heteroatoms. The average molecular weight is 445 g/mol. The van der Waals surface area contributed by atoms with Gasteiger partial charge in [0.25, 0.3) is 0 Å². The van der Waals surface area contributed by atoms with Crippen molar-refractivity contribution >= 4 is 27.7 Å². The number of halogens is 2. The summed E-state index contributed by atoms with van der Waals surface area (Å²) < 4.78 is 58.7. The Bertz CT molecular complexity index is 928. The van der Waals surface area contributed by atoms with Crippen LogP contribution in [0.5, 0.6) is 0 Å². The molecule has 1 amide bonds. The zero-order valence-corrected chi connectivity index (χ0v) is 17.3. The monoisotopic (exact) mass is 444 g/mol. The van der Waals surface area contributed by atoms with E-state index in [1.807, 2.05) is 12.1 Å². The van der Waals surface area contributed by atoms with Gasteiger partial charge in [-0.3, -0.25) is 4.79 Å². The predicted molar refractivity (Wildman–Crippen MR) is 106 cm³/mol. The Kier molecular flexibility index (Phi) is 7.31. The Labute approximate surface area is 172 Å². The molecule has 1 saturated heterocycles. The Hall–Kier alpha value is -1.91. The summed E-state index contributed by atoms with van der Waals surface area (Å²) in [5.41, 5.74) is 0. The fourth-order valence-corrected chi connectivity index (χ4v) is 5.43. The molecule has 2 heterocycles. The van der Waals surface area contributed by atoms with Crippen molar-refractivity contribution in [3.05, 3.63) is 54.0 Å². The smallest absolute Gasteiger partial charge is 0.246 e. The third kappa shape index (κ3) is 5.58. The second kappa shape index (κ2) is 9.73. The zero-order chi connectivity index (χ0) is 20.9. The molecule has 3 rings (SSSR count). The van der Waals surface area contributed by atoms with E-state index in [4.69, 9.17) is 4.42 Å². The summed E-state index contributed by atoms with van der Waals surface area (Å²) in [6.07, 6.45) is 2.29. The molecule has 2 aromatic rings. The molecule has 29 heavy (non-hydrogen) atoms. The Morgan fingerprint density at radius 1 is 1.24 bits per heavy atom. The van der Waals surface area contributed by atoms with Gasteiger partial charge in [0.2, 0.25) is 15.9 Å². The van der Waals surface area contributed by atoms with E-state index < -0.39 is 26.6 Å². The van der Waals surface area contributed by atoms with Crippen molar-refractivity contribution in [2.45, 2.75) is 23.5 Å². The first kappa shape index (κ1) is 21.8. The number of sulfonamides is 1. The minimum absolute atomic E-state index is 0.0869. The van der Waals surface area contributed by atoms with Gasteiger partial charge < -0.3 is 9.73 Å². The van der Waals surface area contributed by atoms with Crippen LogP contribution in [0.2, 0.25) is 0 Å². The molecule has 0 aliphatic carbocycles. The summed E-state index contributed by atoms with van der Waals surface area (Å²) in [5, 5.41) is 2.87. The number of thioether (sulfide) groups is 1. The molecule has 0 bridgehead atoms. The van der Waals surface area contributed by atoms with Gasteiger partial charge in [0.1, 0.15) is 22.3 Å². The van der Waals surface area contributed by atoms with E-state index >= 15 is 0 Å². The van der Waals surface area contributed by atoms with E-state index in [1.165, 1.54) is 0 Å². The predicted octanol–water partition coefficient (Wildman–Crippen LogP) is 3.01. The van der Waals surface area contributed by atoms with Crippen LogP contribution in [0.25, 0.3) is 0 Å². The number of piperidine rings is 1. The summed E-state index contributed by atoms with van der Waals surface area (Å²) in [7, 11) is -4.14. The molecule has 1 fully saturated rings. The number of benzene rings is 1. The number of hydrogen-bond donors (Lipinski definition) is 1. The molecule has 1 N–H and O–H groups in total. The quantitative estimate of drug-likeness (QED) is 0.633. The number of hydrogen-bond acceptors (Lipinski definition) is 5. The normalized spacial score (nSPS) is 16.1. The van der Waals surface area contributed by atoms with Gasteiger partial charge in [-0.05, 0) is 43.2 Å².